The van der Waals surface area contributed by atoms with E-state index < -0.39 is 5.41 Å². The Morgan fingerprint density at radius 2 is 1.95 bits per heavy atom. The van der Waals surface area contributed by atoms with Gasteiger partial charge in [-0.15, -0.1) is 0 Å². The van der Waals surface area contributed by atoms with Crippen molar-refractivity contribution in [2.45, 2.75) is 24.9 Å². The molecule has 1 aliphatic rings. The molecule has 0 saturated heterocycles. The second-order valence-electron chi connectivity index (χ2n) is 5.68. The number of hydrogen-bond acceptors (Lipinski definition) is 2. The molecular weight excluding hydrogens is 298 g/mol. The lowest BCUT2D eigenvalue weighted by molar-refractivity contribution is -0.118. The summed E-state index contributed by atoms with van der Waals surface area (Å²) in [5.41, 5.74) is 2.47. The average Bonchev–Trinajstić information content (AvgIpc) is 3.30. The quantitative estimate of drug-likeness (QED) is 0.900. The smallest absolute Gasteiger partial charge is 0.235 e. The molecule has 22 heavy (non-hydrogen) atoms. The van der Waals surface area contributed by atoms with Gasteiger partial charge in [0, 0.05) is 17.8 Å². The summed E-state index contributed by atoms with van der Waals surface area (Å²) < 4.78 is 5.12. The molecule has 0 bridgehead atoms. The summed E-state index contributed by atoms with van der Waals surface area (Å²) in [6.45, 7) is 0.534. The Morgan fingerprint density at radius 1 is 1.23 bits per heavy atom. The van der Waals surface area contributed by atoms with Crippen molar-refractivity contribution in [1.82, 2.24) is 0 Å². The Balaban J connectivity index is 1.77. The molecule has 0 atom stereocenters. The molecule has 2 aromatic carbocycles. The van der Waals surface area contributed by atoms with Gasteiger partial charge in [0.15, 0.2) is 0 Å². The van der Waals surface area contributed by atoms with Crippen LogP contribution in [0.4, 0.5) is 5.69 Å². The lowest BCUT2D eigenvalue weighted by Crippen LogP contribution is -2.27. The Morgan fingerprint density at radius 3 is 2.59 bits per heavy atom. The van der Waals surface area contributed by atoms with Gasteiger partial charge in [0.1, 0.15) is 0 Å². The van der Waals surface area contributed by atoms with Crippen molar-refractivity contribution in [1.29, 1.82) is 0 Å². The van der Waals surface area contributed by atoms with E-state index in [9.17, 15) is 4.79 Å². The zero-order valence-corrected chi connectivity index (χ0v) is 13.2. The van der Waals surface area contributed by atoms with Crippen molar-refractivity contribution in [3.8, 4) is 0 Å². The van der Waals surface area contributed by atoms with Crippen LogP contribution in [0.15, 0.2) is 48.5 Å². The third-order valence-corrected chi connectivity index (χ3v) is 4.33. The molecule has 114 valence electrons. The maximum atomic E-state index is 12.7. The van der Waals surface area contributed by atoms with Crippen molar-refractivity contribution in [2.24, 2.45) is 0 Å². The highest BCUT2D eigenvalue weighted by atomic mass is 35.5. The summed E-state index contributed by atoms with van der Waals surface area (Å²) in [5.74, 6) is 0.0457. The molecule has 1 N–H and O–H groups in total. The third kappa shape index (κ3) is 3.01. The molecular formula is C18H18ClNO2. The first-order chi connectivity index (χ1) is 10.6. The first-order valence-electron chi connectivity index (χ1n) is 7.29. The summed E-state index contributed by atoms with van der Waals surface area (Å²) in [4.78, 5) is 12.7. The molecule has 0 unspecified atom stereocenters. The minimum Gasteiger partial charge on any atom is -0.380 e. The Hall–Kier alpha value is -1.84. The molecule has 1 amide bonds. The van der Waals surface area contributed by atoms with E-state index in [1.54, 1.807) is 7.11 Å². The molecule has 0 aromatic heterocycles. The largest absolute Gasteiger partial charge is 0.380 e. The van der Waals surface area contributed by atoms with Gasteiger partial charge in [-0.3, -0.25) is 4.79 Å². The molecule has 0 spiro atoms. The number of benzene rings is 2. The Labute approximate surface area is 135 Å². The van der Waals surface area contributed by atoms with Crippen LogP contribution in [0.3, 0.4) is 0 Å². The SMILES string of the molecule is COCc1cccc(NC(=O)C2(c3ccc(Cl)cc3)CC2)c1. The molecule has 1 aliphatic carbocycles. The van der Waals surface area contributed by atoms with Crippen molar-refractivity contribution in [3.63, 3.8) is 0 Å². The predicted molar refractivity (Wildman–Crippen MR) is 88.1 cm³/mol. The maximum Gasteiger partial charge on any atom is 0.235 e. The van der Waals surface area contributed by atoms with Crippen molar-refractivity contribution in [2.75, 3.05) is 12.4 Å². The van der Waals surface area contributed by atoms with E-state index in [-0.39, 0.29) is 5.91 Å². The molecule has 4 heteroatoms. The highest BCUT2D eigenvalue weighted by Gasteiger charge is 2.51. The summed E-state index contributed by atoms with van der Waals surface area (Å²) in [6, 6.07) is 15.3. The maximum absolute atomic E-state index is 12.7. The molecule has 0 aliphatic heterocycles. The topological polar surface area (TPSA) is 38.3 Å². The molecule has 0 radical (unpaired) electrons. The lowest BCUT2D eigenvalue weighted by Gasteiger charge is -2.16. The van der Waals surface area contributed by atoms with Gasteiger partial charge in [0.05, 0.1) is 12.0 Å². The fourth-order valence-electron chi connectivity index (χ4n) is 2.70. The molecule has 1 fully saturated rings. The summed E-state index contributed by atoms with van der Waals surface area (Å²) in [7, 11) is 1.66. The number of ether oxygens (including phenoxy) is 1. The number of carbonyl (C=O) groups is 1. The monoisotopic (exact) mass is 315 g/mol. The van der Waals surface area contributed by atoms with E-state index in [0.717, 1.165) is 29.7 Å². The normalized spacial score (nSPS) is 15.4. The van der Waals surface area contributed by atoms with Crippen LogP contribution in [0.25, 0.3) is 0 Å². The number of amides is 1. The van der Waals surface area contributed by atoms with Crippen molar-refractivity contribution < 1.29 is 9.53 Å². The second-order valence-corrected chi connectivity index (χ2v) is 6.11. The van der Waals surface area contributed by atoms with E-state index in [1.807, 2.05) is 48.5 Å². The Bertz CT molecular complexity index is 678. The van der Waals surface area contributed by atoms with Gasteiger partial charge >= 0.3 is 0 Å². The van der Waals surface area contributed by atoms with Crippen LogP contribution in [-0.2, 0) is 21.6 Å². The van der Waals surface area contributed by atoms with Crippen LogP contribution in [0.1, 0.15) is 24.0 Å². The van der Waals surface area contributed by atoms with Gasteiger partial charge in [0.2, 0.25) is 5.91 Å². The highest BCUT2D eigenvalue weighted by Crippen LogP contribution is 2.49. The van der Waals surface area contributed by atoms with Crippen molar-refractivity contribution in [3.05, 3.63) is 64.7 Å². The summed E-state index contributed by atoms with van der Waals surface area (Å²) in [5, 5.41) is 3.72. The molecule has 1 saturated carbocycles. The standard InChI is InChI=1S/C18H18ClNO2/c1-22-12-13-3-2-4-16(11-13)20-17(21)18(9-10-18)14-5-7-15(19)8-6-14/h2-8,11H,9-10,12H2,1H3,(H,20,21). The van der Waals surface area contributed by atoms with E-state index >= 15 is 0 Å². The molecule has 3 rings (SSSR count). The molecule has 0 heterocycles. The zero-order chi connectivity index (χ0) is 15.6. The van der Waals surface area contributed by atoms with E-state index in [1.165, 1.54) is 0 Å². The Kier molecular flexibility index (Phi) is 4.19. The van der Waals surface area contributed by atoms with Gasteiger partial charge in [0.25, 0.3) is 0 Å². The van der Waals surface area contributed by atoms with Gasteiger partial charge in [-0.05, 0) is 48.2 Å². The minimum absolute atomic E-state index is 0.0457. The van der Waals surface area contributed by atoms with Crippen LogP contribution in [-0.4, -0.2) is 13.0 Å². The van der Waals surface area contributed by atoms with Gasteiger partial charge in [-0.1, -0.05) is 35.9 Å². The fraction of sp³-hybridized carbons (Fsp3) is 0.278. The van der Waals surface area contributed by atoms with Crippen LogP contribution in [0, 0.1) is 0 Å². The number of rotatable bonds is 5. The molecule has 3 nitrogen and oxygen atoms in total. The second kappa shape index (κ2) is 6.11. The van der Waals surface area contributed by atoms with Crippen LogP contribution in [0.5, 0.6) is 0 Å². The third-order valence-electron chi connectivity index (χ3n) is 4.08. The van der Waals surface area contributed by atoms with Gasteiger partial charge in [-0.2, -0.15) is 0 Å². The predicted octanol–water partition coefficient (Wildman–Crippen LogP) is 4.16. The number of anilines is 1. The summed E-state index contributed by atoms with van der Waals surface area (Å²) in [6.07, 6.45) is 1.75. The van der Waals surface area contributed by atoms with E-state index in [4.69, 9.17) is 16.3 Å². The fourth-order valence-corrected chi connectivity index (χ4v) is 2.82. The number of hydrogen-bond donors (Lipinski definition) is 1. The van der Waals surface area contributed by atoms with Gasteiger partial charge in [-0.25, -0.2) is 0 Å². The van der Waals surface area contributed by atoms with Gasteiger partial charge < -0.3 is 10.1 Å². The number of halogens is 1. The number of carbonyl (C=O) groups excluding carboxylic acids is 1. The highest BCUT2D eigenvalue weighted by molar-refractivity contribution is 6.30. The molecule has 2 aromatic rings. The van der Waals surface area contributed by atoms with Crippen LogP contribution >= 0.6 is 11.6 Å². The van der Waals surface area contributed by atoms with Crippen LogP contribution < -0.4 is 5.32 Å². The average molecular weight is 316 g/mol. The minimum atomic E-state index is -0.401. The lowest BCUT2D eigenvalue weighted by atomic mass is 9.95. The first kappa shape index (κ1) is 15.1. The zero-order valence-electron chi connectivity index (χ0n) is 12.4. The first-order valence-corrected chi connectivity index (χ1v) is 7.67. The number of nitrogens with one attached hydrogen (secondary N) is 1. The van der Waals surface area contributed by atoms with E-state index in [2.05, 4.69) is 5.32 Å². The van der Waals surface area contributed by atoms with E-state index in [0.29, 0.717) is 11.6 Å². The van der Waals surface area contributed by atoms with Crippen molar-refractivity contribution >= 4 is 23.2 Å². The summed E-state index contributed by atoms with van der Waals surface area (Å²) >= 11 is 5.93. The van der Waals surface area contributed by atoms with Crippen LogP contribution in [0.2, 0.25) is 5.02 Å². The number of methoxy groups -OCH3 is 1.